The van der Waals surface area contributed by atoms with Crippen LogP contribution >= 0.6 is 0 Å². The molecule has 2 rings (SSSR count). The third-order valence-corrected chi connectivity index (χ3v) is 3.48. The van der Waals surface area contributed by atoms with Gasteiger partial charge in [0.25, 0.3) is 0 Å². The normalized spacial score (nSPS) is 20.6. The van der Waals surface area contributed by atoms with Gasteiger partial charge in [0.05, 0.1) is 19.3 Å². The van der Waals surface area contributed by atoms with E-state index < -0.39 is 11.9 Å². The molecular weight excluding hydrogens is 326 g/mol. The van der Waals surface area contributed by atoms with Gasteiger partial charge in [-0.1, -0.05) is 30.4 Å². The van der Waals surface area contributed by atoms with Crippen molar-refractivity contribution < 1.29 is 29.3 Å². The summed E-state index contributed by atoms with van der Waals surface area (Å²) in [4.78, 5) is 20.6. The van der Waals surface area contributed by atoms with Crippen LogP contribution in [0.2, 0.25) is 0 Å². The molecule has 7 heteroatoms. The summed E-state index contributed by atoms with van der Waals surface area (Å²) in [5, 5.41) is 14.8. The number of ether oxygens (including phenoxy) is 2. The maximum atomic E-state index is 9.10. The topological polar surface area (TPSA) is 96.3 Å². The van der Waals surface area contributed by atoms with Crippen LogP contribution in [0.4, 0.5) is 0 Å². The number of hydrogen-bond donors (Lipinski definition) is 2. The molecule has 25 heavy (non-hydrogen) atoms. The molecule has 1 aromatic carbocycles. The SMILES string of the molecule is COc1ccccc1/C=C/CN1CC(C)OC(C)C1.O=C(O)C(=O)O. The number of nitrogens with zero attached hydrogens (tertiary/aromatic N) is 1. The van der Waals surface area contributed by atoms with Crippen LogP contribution in [0.5, 0.6) is 5.75 Å². The van der Waals surface area contributed by atoms with E-state index in [-0.39, 0.29) is 0 Å². The number of morpholine rings is 1. The first-order valence-electron chi connectivity index (χ1n) is 7.97. The fraction of sp³-hybridized carbons (Fsp3) is 0.444. The molecule has 0 spiro atoms. The molecule has 2 N–H and O–H groups in total. The van der Waals surface area contributed by atoms with Crippen molar-refractivity contribution in [2.45, 2.75) is 26.1 Å². The summed E-state index contributed by atoms with van der Waals surface area (Å²) in [5.74, 6) is -2.73. The highest BCUT2D eigenvalue weighted by Crippen LogP contribution is 2.19. The van der Waals surface area contributed by atoms with Crippen LogP contribution in [0.25, 0.3) is 6.08 Å². The Hall–Kier alpha value is -2.38. The van der Waals surface area contributed by atoms with Gasteiger partial charge in [-0.05, 0) is 19.9 Å². The first-order valence-corrected chi connectivity index (χ1v) is 7.97. The molecule has 138 valence electrons. The second-order valence-corrected chi connectivity index (χ2v) is 5.73. The number of rotatable bonds is 4. The predicted octanol–water partition coefficient (Wildman–Crippen LogP) is 1.97. The highest BCUT2D eigenvalue weighted by Gasteiger charge is 2.20. The van der Waals surface area contributed by atoms with Gasteiger partial charge in [-0.2, -0.15) is 0 Å². The molecule has 7 nitrogen and oxygen atoms in total. The molecule has 0 saturated carbocycles. The van der Waals surface area contributed by atoms with E-state index in [0.717, 1.165) is 30.9 Å². The number of carboxylic acid groups (broad SMARTS) is 2. The molecular formula is C18H25NO6. The smallest absolute Gasteiger partial charge is 0.414 e. The summed E-state index contributed by atoms with van der Waals surface area (Å²) in [6, 6.07) is 8.07. The van der Waals surface area contributed by atoms with Crippen molar-refractivity contribution in [3.05, 3.63) is 35.9 Å². The number of benzene rings is 1. The molecule has 0 amide bonds. The summed E-state index contributed by atoms with van der Waals surface area (Å²) in [7, 11) is 1.71. The van der Waals surface area contributed by atoms with Gasteiger partial charge in [0.15, 0.2) is 0 Å². The highest BCUT2D eigenvalue weighted by molar-refractivity contribution is 6.27. The van der Waals surface area contributed by atoms with Gasteiger partial charge in [-0.25, -0.2) is 9.59 Å². The van der Waals surface area contributed by atoms with Gasteiger partial charge < -0.3 is 19.7 Å². The molecule has 0 radical (unpaired) electrons. The van der Waals surface area contributed by atoms with Gasteiger partial charge in [0, 0.05) is 25.2 Å². The third-order valence-electron chi connectivity index (χ3n) is 3.48. The van der Waals surface area contributed by atoms with Crippen molar-refractivity contribution in [3.8, 4) is 5.75 Å². The van der Waals surface area contributed by atoms with Gasteiger partial charge in [-0.15, -0.1) is 0 Å². The molecule has 1 aliphatic heterocycles. The molecule has 1 fully saturated rings. The quantitative estimate of drug-likeness (QED) is 0.801. The van der Waals surface area contributed by atoms with Crippen LogP contribution in [-0.2, 0) is 14.3 Å². The van der Waals surface area contributed by atoms with Crippen molar-refractivity contribution in [1.29, 1.82) is 0 Å². The van der Waals surface area contributed by atoms with Crippen molar-refractivity contribution in [1.82, 2.24) is 4.90 Å². The molecule has 1 aromatic rings. The van der Waals surface area contributed by atoms with Gasteiger partial charge >= 0.3 is 11.9 Å². The zero-order valence-electron chi connectivity index (χ0n) is 14.7. The summed E-state index contributed by atoms with van der Waals surface area (Å²) in [6.07, 6.45) is 4.97. The Morgan fingerprint density at radius 2 is 1.76 bits per heavy atom. The average Bonchev–Trinajstić information content (AvgIpc) is 2.55. The lowest BCUT2D eigenvalue weighted by molar-refractivity contribution is -0.159. The Balaban J connectivity index is 0.000000450. The van der Waals surface area contributed by atoms with Crippen LogP contribution in [-0.4, -0.2) is 66.0 Å². The van der Waals surface area contributed by atoms with E-state index in [1.807, 2.05) is 18.2 Å². The largest absolute Gasteiger partial charge is 0.496 e. The zero-order chi connectivity index (χ0) is 18.8. The fourth-order valence-corrected chi connectivity index (χ4v) is 2.57. The maximum absolute atomic E-state index is 9.10. The first-order chi connectivity index (χ1) is 11.8. The van der Waals surface area contributed by atoms with Gasteiger partial charge in [0.1, 0.15) is 5.75 Å². The Labute approximate surface area is 147 Å². The Morgan fingerprint density at radius 1 is 1.20 bits per heavy atom. The molecule has 0 bridgehead atoms. The predicted molar refractivity (Wildman–Crippen MR) is 93.7 cm³/mol. The van der Waals surface area contributed by atoms with E-state index in [0.29, 0.717) is 12.2 Å². The lowest BCUT2D eigenvalue weighted by atomic mass is 10.2. The summed E-state index contributed by atoms with van der Waals surface area (Å²) in [5.41, 5.74) is 1.12. The van der Waals surface area contributed by atoms with E-state index in [9.17, 15) is 0 Å². The first kappa shape index (κ1) is 20.7. The second kappa shape index (κ2) is 10.5. The fourth-order valence-electron chi connectivity index (χ4n) is 2.57. The minimum atomic E-state index is -1.82. The minimum absolute atomic E-state index is 0.323. The standard InChI is InChI=1S/C16H23NO2.C2H2O4/c1-13-11-17(12-14(2)19-13)10-6-8-15-7-4-5-9-16(15)18-3;3-1(4)2(5)6/h4-9,13-14H,10-12H2,1-3H3;(H,3,4)(H,5,6)/b8-6+;. The van der Waals surface area contributed by atoms with Crippen LogP contribution in [0.1, 0.15) is 19.4 Å². The van der Waals surface area contributed by atoms with Crippen molar-refractivity contribution in [3.63, 3.8) is 0 Å². The van der Waals surface area contributed by atoms with Crippen LogP contribution < -0.4 is 4.74 Å². The number of methoxy groups -OCH3 is 1. The molecule has 1 aliphatic rings. The van der Waals surface area contributed by atoms with Gasteiger partial charge in [-0.3, -0.25) is 4.90 Å². The van der Waals surface area contributed by atoms with Gasteiger partial charge in [0.2, 0.25) is 0 Å². The molecule has 1 saturated heterocycles. The number of hydrogen-bond acceptors (Lipinski definition) is 5. The number of para-hydroxylation sites is 1. The number of carbonyl (C=O) groups is 2. The summed E-state index contributed by atoms with van der Waals surface area (Å²) >= 11 is 0. The van der Waals surface area contributed by atoms with Crippen molar-refractivity contribution in [2.75, 3.05) is 26.7 Å². The highest BCUT2D eigenvalue weighted by atomic mass is 16.5. The number of carboxylic acids is 2. The van der Waals surface area contributed by atoms with Crippen LogP contribution in [0.15, 0.2) is 30.3 Å². The van der Waals surface area contributed by atoms with Crippen molar-refractivity contribution >= 4 is 18.0 Å². The lowest BCUT2D eigenvalue weighted by Crippen LogP contribution is -2.45. The van der Waals surface area contributed by atoms with Crippen molar-refractivity contribution in [2.24, 2.45) is 0 Å². The maximum Gasteiger partial charge on any atom is 0.414 e. The van der Waals surface area contributed by atoms with E-state index >= 15 is 0 Å². The Kier molecular flexibility index (Phi) is 8.66. The summed E-state index contributed by atoms with van der Waals surface area (Å²) < 4.78 is 11.1. The lowest BCUT2D eigenvalue weighted by Gasteiger charge is -2.34. The van der Waals surface area contributed by atoms with E-state index in [2.05, 4.69) is 37.0 Å². The number of aliphatic carboxylic acids is 2. The summed E-state index contributed by atoms with van der Waals surface area (Å²) in [6.45, 7) is 7.22. The van der Waals surface area contributed by atoms with Crippen LogP contribution in [0, 0.1) is 0 Å². The molecule has 2 atom stereocenters. The zero-order valence-corrected chi connectivity index (χ0v) is 14.7. The van der Waals surface area contributed by atoms with E-state index in [1.165, 1.54) is 0 Å². The molecule has 0 aliphatic carbocycles. The Bertz CT molecular complexity index is 579. The molecule has 2 unspecified atom stereocenters. The molecule has 1 heterocycles. The minimum Gasteiger partial charge on any atom is -0.496 e. The average molecular weight is 351 g/mol. The van der Waals surface area contributed by atoms with Crippen LogP contribution in [0.3, 0.4) is 0 Å². The second-order valence-electron chi connectivity index (χ2n) is 5.73. The third kappa shape index (κ3) is 7.82. The molecule has 0 aromatic heterocycles. The van der Waals surface area contributed by atoms with E-state index in [4.69, 9.17) is 29.3 Å². The monoisotopic (exact) mass is 351 g/mol. The Morgan fingerprint density at radius 3 is 2.28 bits per heavy atom. The van der Waals surface area contributed by atoms with E-state index in [1.54, 1.807) is 7.11 Å².